The van der Waals surface area contributed by atoms with Crippen LogP contribution in [-0.2, 0) is 31.0 Å². The molecule has 1 saturated carbocycles. The fourth-order valence-electron chi connectivity index (χ4n) is 6.36. The van der Waals surface area contributed by atoms with E-state index in [0.717, 1.165) is 9.47 Å². The van der Waals surface area contributed by atoms with E-state index in [1.165, 1.54) is 31.3 Å². The van der Waals surface area contributed by atoms with Gasteiger partial charge in [-0.05, 0) is 42.0 Å². The van der Waals surface area contributed by atoms with Crippen molar-refractivity contribution in [2.75, 3.05) is 18.3 Å². The second-order valence-electron chi connectivity index (χ2n) is 10.1. The Labute approximate surface area is 216 Å². The predicted molar refractivity (Wildman–Crippen MR) is 134 cm³/mol. The minimum Gasteiger partial charge on any atom is -0.361 e. The number of rotatable bonds is 4. The van der Waals surface area contributed by atoms with Gasteiger partial charge in [0.05, 0.1) is 45.2 Å². The molecular weight excluding hydrogens is 512 g/mol. The van der Waals surface area contributed by atoms with E-state index in [2.05, 4.69) is 0 Å². The number of ether oxygens (including phenoxy) is 1. The minimum absolute atomic E-state index is 0.0901. The van der Waals surface area contributed by atoms with Crippen LogP contribution < -0.4 is 27.2 Å². The average Bonchev–Trinajstić information content (AvgIpc) is 3.41. The van der Waals surface area contributed by atoms with Crippen molar-refractivity contribution in [2.24, 2.45) is 30.7 Å². The summed E-state index contributed by atoms with van der Waals surface area (Å²) in [6.07, 6.45) is 0. The lowest BCUT2D eigenvalue weighted by atomic mass is 9.59. The molecule has 3 fully saturated rings. The first-order valence-electron chi connectivity index (χ1n) is 12.2. The van der Waals surface area contributed by atoms with E-state index in [-0.39, 0.29) is 34.9 Å². The number of hydrogen-bond acceptors (Lipinski definition) is 9. The lowest BCUT2D eigenvalue weighted by molar-refractivity contribution is -0.146. The van der Waals surface area contributed by atoms with Gasteiger partial charge in [0.1, 0.15) is 6.73 Å². The molecule has 4 unspecified atom stereocenters. The van der Waals surface area contributed by atoms with Crippen LogP contribution in [0.15, 0.2) is 43.4 Å². The summed E-state index contributed by atoms with van der Waals surface area (Å²) >= 11 is 0. The monoisotopic (exact) mass is 530 g/mol. The molecule has 2 saturated heterocycles. The molecule has 4 heterocycles. The van der Waals surface area contributed by atoms with Crippen molar-refractivity contribution in [3.05, 3.63) is 65.7 Å². The summed E-state index contributed by atoms with van der Waals surface area (Å²) < 4.78 is 6.59. The summed E-state index contributed by atoms with van der Waals surface area (Å²) in [6, 6.07) is 5.64. The number of amides is 4. The Hall–Kier alpha value is -4.78. The molecule has 196 valence electrons. The van der Waals surface area contributed by atoms with Crippen molar-refractivity contribution in [2.45, 2.75) is 6.92 Å². The van der Waals surface area contributed by atoms with Crippen LogP contribution in [0.5, 0.6) is 0 Å². The quantitative estimate of drug-likeness (QED) is 0.284. The molecule has 0 spiro atoms. The number of aromatic nitrogens is 2. The Morgan fingerprint density at radius 2 is 1.00 bits per heavy atom. The summed E-state index contributed by atoms with van der Waals surface area (Å²) in [5.74, 6) is -7.49. The zero-order valence-electron chi connectivity index (χ0n) is 20.5. The normalized spacial score (nSPS) is 24.5. The van der Waals surface area contributed by atoms with Gasteiger partial charge in [0, 0.05) is 13.7 Å². The van der Waals surface area contributed by atoms with Crippen LogP contribution in [0.4, 0.5) is 0 Å². The molecule has 4 atom stereocenters. The minimum atomic E-state index is -1.16. The number of carbonyl (C=O) groups excluding carboxylic acids is 4. The van der Waals surface area contributed by atoms with E-state index < -0.39 is 69.5 Å². The number of carbonyl (C=O) groups is 4. The molecule has 4 amide bonds. The van der Waals surface area contributed by atoms with Gasteiger partial charge in [-0.3, -0.25) is 47.8 Å². The van der Waals surface area contributed by atoms with Crippen molar-refractivity contribution in [3.63, 3.8) is 0 Å². The molecule has 0 radical (unpaired) electrons. The van der Waals surface area contributed by atoms with Crippen LogP contribution in [0, 0.1) is 23.7 Å². The van der Waals surface area contributed by atoms with Crippen LogP contribution in [0.25, 0.3) is 32.3 Å². The third-order valence-electron chi connectivity index (χ3n) is 8.29. The molecule has 13 nitrogen and oxygen atoms in total. The molecule has 4 aromatic rings. The van der Waals surface area contributed by atoms with Gasteiger partial charge in [-0.1, -0.05) is 0 Å². The molecule has 13 heteroatoms. The molecule has 1 aliphatic carbocycles. The van der Waals surface area contributed by atoms with E-state index in [9.17, 15) is 38.4 Å². The van der Waals surface area contributed by atoms with Gasteiger partial charge in [0.15, 0.2) is 0 Å². The first-order valence-corrected chi connectivity index (χ1v) is 12.2. The summed E-state index contributed by atoms with van der Waals surface area (Å²) in [5, 5.41) is 1.41. The molecule has 39 heavy (non-hydrogen) atoms. The van der Waals surface area contributed by atoms with Gasteiger partial charge in [0.25, 0.3) is 34.1 Å². The lowest BCUT2D eigenvalue weighted by Crippen LogP contribution is -2.50. The Kier molecular flexibility index (Phi) is 4.44. The Morgan fingerprint density at radius 3 is 1.41 bits per heavy atom. The highest BCUT2D eigenvalue weighted by Gasteiger charge is 2.74. The largest absolute Gasteiger partial charge is 0.361 e. The van der Waals surface area contributed by atoms with E-state index in [4.69, 9.17) is 4.74 Å². The average molecular weight is 530 g/mol. The van der Waals surface area contributed by atoms with Gasteiger partial charge in [-0.2, -0.15) is 9.69 Å². The topological polar surface area (TPSA) is 162 Å². The zero-order chi connectivity index (χ0) is 27.7. The maximum absolute atomic E-state index is 13.4. The van der Waals surface area contributed by atoms with Crippen LogP contribution >= 0.6 is 0 Å². The first kappa shape index (κ1) is 23.3. The van der Waals surface area contributed by atoms with Crippen LogP contribution in [-0.4, -0.2) is 51.1 Å². The molecule has 2 aliphatic heterocycles. The lowest BCUT2D eigenvalue weighted by Gasteiger charge is -2.36. The number of imide groups is 2. The van der Waals surface area contributed by atoms with Gasteiger partial charge >= 0.3 is 0 Å². The van der Waals surface area contributed by atoms with E-state index >= 15 is 0 Å². The number of nitrogens with zero attached hydrogens (tertiary/aromatic N) is 4. The van der Waals surface area contributed by atoms with Crippen molar-refractivity contribution >= 4 is 55.9 Å². The highest BCUT2D eigenvalue weighted by molar-refractivity contribution is 6.24. The van der Waals surface area contributed by atoms with Crippen molar-refractivity contribution in [3.8, 4) is 0 Å². The molecule has 7 rings (SSSR count). The number of fused-ring (bicyclic) bond motifs is 7. The van der Waals surface area contributed by atoms with E-state index in [0.29, 0.717) is 20.5 Å². The third kappa shape index (κ3) is 2.62. The molecule has 2 aromatic carbocycles. The Balaban J connectivity index is 1.34. The van der Waals surface area contributed by atoms with Crippen molar-refractivity contribution in [1.82, 2.24) is 14.1 Å². The third-order valence-corrected chi connectivity index (χ3v) is 8.29. The number of likely N-dealkylation sites (tertiary alicyclic amines) is 1. The van der Waals surface area contributed by atoms with Crippen LogP contribution in [0.2, 0.25) is 0 Å². The van der Waals surface area contributed by atoms with Gasteiger partial charge < -0.3 is 4.74 Å². The first-order chi connectivity index (χ1) is 18.6. The summed E-state index contributed by atoms with van der Waals surface area (Å²) in [7, 11) is 1.35. The molecular formula is C26H18N4O9. The highest BCUT2D eigenvalue weighted by atomic mass is 16.5. The predicted octanol–water partition coefficient (Wildman–Crippen LogP) is -1.55. The Morgan fingerprint density at radius 1 is 0.615 bits per heavy atom. The van der Waals surface area contributed by atoms with Crippen molar-refractivity contribution in [1.29, 1.82) is 0 Å². The molecule has 3 aliphatic rings. The highest BCUT2D eigenvalue weighted by Crippen LogP contribution is 2.55. The van der Waals surface area contributed by atoms with Gasteiger partial charge in [-0.15, -0.1) is 0 Å². The van der Waals surface area contributed by atoms with E-state index in [1.807, 2.05) is 0 Å². The maximum atomic E-state index is 13.4. The molecule has 0 bridgehead atoms. The molecule has 0 N–H and O–H groups in total. The summed E-state index contributed by atoms with van der Waals surface area (Å²) in [6.45, 7) is 1.66. The number of hydrogen-bond donors (Lipinski definition) is 0. The molecule has 2 aromatic heterocycles. The maximum Gasteiger partial charge on any atom is 0.281 e. The van der Waals surface area contributed by atoms with Gasteiger partial charge in [0.2, 0.25) is 11.8 Å². The SMILES string of the molecule is CCOCN1C(=O)C2C(C1=O)C1C(=O)N(n3c(=O)c4cc5cc6c(=O)n(C)c(=O)c6cc5cc4c3=O)C(=O)C21. The summed E-state index contributed by atoms with van der Waals surface area (Å²) in [5.41, 5.74) is -2.86. The van der Waals surface area contributed by atoms with Crippen LogP contribution in [0.3, 0.4) is 0 Å². The fraction of sp³-hybridized carbons (Fsp3) is 0.308. The van der Waals surface area contributed by atoms with Crippen LogP contribution in [0.1, 0.15) is 6.92 Å². The van der Waals surface area contributed by atoms with Gasteiger partial charge in [-0.25, -0.2) is 0 Å². The smallest absolute Gasteiger partial charge is 0.281 e. The standard InChI is InChI=1S/C26H18N4O9/c1-3-39-8-28-23(35)15-16(24(28)36)18-17(15)25(37)30(26(18)38)29-21(33)13-6-9-4-11-12(20(32)27(2)19(11)31)5-10(9)7-14(13)22(29)34/h4-7,15-18H,3,8H2,1-2H3. The second kappa shape index (κ2) is 7.41. The van der Waals surface area contributed by atoms with E-state index in [1.54, 1.807) is 6.92 Å². The number of benzene rings is 2. The fourth-order valence-corrected chi connectivity index (χ4v) is 6.36. The zero-order valence-corrected chi connectivity index (χ0v) is 20.5. The second-order valence-corrected chi connectivity index (χ2v) is 10.1. The Bertz CT molecular complexity index is 1940. The summed E-state index contributed by atoms with van der Waals surface area (Å²) in [4.78, 5) is 105. The van der Waals surface area contributed by atoms with Crippen molar-refractivity contribution < 1.29 is 23.9 Å².